The molecule has 0 heterocycles. The Kier molecular flexibility index (Phi) is 2.73. The molecule has 3 heteroatoms. The zero-order valence-corrected chi connectivity index (χ0v) is 10.8. The number of hydrogen-bond acceptors (Lipinski definition) is 1. The van der Waals surface area contributed by atoms with Gasteiger partial charge in [0.15, 0.2) is 0 Å². The molecule has 3 aromatic rings. The average Bonchev–Trinajstić information content (AvgIpc) is 2.38. The lowest BCUT2D eigenvalue weighted by Gasteiger charge is -2.08. The molecule has 0 aliphatic rings. The van der Waals surface area contributed by atoms with E-state index in [1.807, 2.05) is 36.4 Å². The molecule has 18 heavy (non-hydrogen) atoms. The van der Waals surface area contributed by atoms with Gasteiger partial charge in [-0.1, -0.05) is 48.0 Å². The van der Waals surface area contributed by atoms with Crippen molar-refractivity contribution in [2.45, 2.75) is 0 Å². The first-order chi connectivity index (χ1) is 8.68. The molecular weight excluding hydrogens is 267 g/mol. The summed E-state index contributed by atoms with van der Waals surface area (Å²) in [5.41, 5.74) is 0.488. The topological polar surface area (TPSA) is 17.1 Å². The van der Waals surface area contributed by atoms with E-state index in [0.717, 1.165) is 21.5 Å². The van der Waals surface area contributed by atoms with Crippen molar-refractivity contribution in [2.75, 3.05) is 0 Å². The Balaban J connectivity index is 2.58. The second-order valence-corrected chi connectivity index (χ2v) is 4.83. The SMILES string of the molecule is O=C(Cl)c1cccc2c1cc(Cl)c1ccccc12. The van der Waals surface area contributed by atoms with Gasteiger partial charge in [0, 0.05) is 16.0 Å². The monoisotopic (exact) mass is 274 g/mol. The van der Waals surface area contributed by atoms with Crippen LogP contribution in [0, 0.1) is 0 Å². The Morgan fingerprint density at radius 1 is 0.833 bits per heavy atom. The molecule has 3 rings (SSSR count). The third-order valence-corrected chi connectivity index (χ3v) is 3.58. The van der Waals surface area contributed by atoms with E-state index >= 15 is 0 Å². The molecule has 0 radical (unpaired) electrons. The minimum absolute atomic E-state index is 0.466. The van der Waals surface area contributed by atoms with E-state index in [2.05, 4.69) is 0 Å². The van der Waals surface area contributed by atoms with E-state index in [9.17, 15) is 4.79 Å². The fraction of sp³-hybridized carbons (Fsp3) is 0. The largest absolute Gasteiger partial charge is 0.276 e. The van der Waals surface area contributed by atoms with E-state index < -0.39 is 5.24 Å². The zero-order valence-electron chi connectivity index (χ0n) is 9.28. The summed E-state index contributed by atoms with van der Waals surface area (Å²) in [7, 11) is 0. The van der Waals surface area contributed by atoms with Gasteiger partial charge in [-0.15, -0.1) is 0 Å². The Labute approximate surface area is 114 Å². The van der Waals surface area contributed by atoms with Gasteiger partial charge < -0.3 is 0 Å². The number of carbonyl (C=O) groups excluding carboxylic acids is 1. The van der Waals surface area contributed by atoms with Gasteiger partial charge in [0.1, 0.15) is 0 Å². The molecule has 0 saturated carbocycles. The van der Waals surface area contributed by atoms with Crippen LogP contribution in [0.5, 0.6) is 0 Å². The van der Waals surface area contributed by atoms with Crippen LogP contribution in [-0.4, -0.2) is 5.24 Å². The van der Waals surface area contributed by atoms with Crippen molar-refractivity contribution in [1.82, 2.24) is 0 Å². The molecule has 0 aliphatic heterocycles. The molecule has 0 fully saturated rings. The van der Waals surface area contributed by atoms with Gasteiger partial charge in [-0.05, 0) is 39.9 Å². The summed E-state index contributed by atoms with van der Waals surface area (Å²) in [5, 5.41) is 3.95. The van der Waals surface area contributed by atoms with Crippen LogP contribution < -0.4 is 0 Å². The zero-order chi connectivity index (χ0) is 12.7. The number of fused-ring (bicyclic) bond motifs is 3. The second kappa shape index (κ2) is 4.27. The molecular formula is C15H8Cl2O. The number of benzene rings is 3. The predicted octanol–water partition coefficient (Wildman–Crippen LogP) is 5.03. The highest BCUT2D eigenvalue weighted by Crippen LogP contribution is 2.33. The molecule has 0 N–H and O–H groups in total. The van der Waals surface area contributed by atoms with Crippen molar-refractivity contribution in [3.8, 4) is 0 Å². The third-order valence-electron chi connectivity index (χ3n) is 3.06. The van der Waals surface area contributed by atoms with Gasteiger partial charge in [-0.25, -0.2) is 0 Å². The van der Waals surface area contributed by atoms with Crippen LogP contribution in [0.4, 0.5) is 0 Å². The summed E-state index contributed by atoms with van der Waals surface area (Å²) in [6.45, 7) is 0. The van der Waals surface area contributed by atoms with Gasteiger partial charge in [0.05, 0.1) is 0 Å². The summed E-state index contributed by atoms with van der Waals surface area (Å²) in [4.78, 5) is 11.4. The first-order valence-corrected chi connectivity index (χ1v) is 6.24. The predicted molar refractivity (Wildman–Crippen MR) is 76.6 cm³/mol. The summed E-state index contributed by atoms with van der Waals surface area (Å²) in [5.74, 6) is 0. The van der Waals surface area contributed by atoms with Crippen LogP contribution >= 0.6 is 23.2 Å². The van der Waals surface area contributed by atoms with E-state index in [1.54, 1.807) is 12.1 Å². The van der Waals surface area contributed by atoms with Crippen molar-refractivity contribution in [2.24, 2.45) is 0 Å². The Bertz CT molecular complexity index is 778. The van der Waals surface area contributed by atoms with E-state index in [4.69, 9.17) is 23.2 Å². The molecule has 0 aromatic heterocycles. The van der Waals surface area contributed by atoms with Gasteiger partial charge >= 0.3 is 0 Å². The molecule has 88 valence electrons. The maximum atomic E-state index is 11.4. The van der Waals surface area contributed by atoms with Crippen LogP contribution in [-0.2, 0) is 0 Å². The normalized spacial score (nSPS) is 11.0. The molecule has 0 amide bonds. The lowest BCUT2D eigenvalue weighted by molar-refractivity contribution is 0.108. The molecule has 0 saturated heterocycles. The summed E-state index contributed by atoms with van der Waals surface area (Å²) in [6, 6.07) is 15.2. The summed E-state index contributed by atoms with van der Waals surface area (Å²) < 4.78 is 0. The summed E-state index contributed by atoms with van der Waals surface area (Å²) >= 11 is 11.9. The Morgan fingerprint density at radius 2 is 1.44 bits per heavy atom. The average molecular weight is 275 g/mol. The fourth-order valence-electron chi connectivity index (χ4n) is 2.26. The lowest BCUT2D eigenvalue weighted by atomic mass is 9.99. The molecule has 0 aliphatic carbocycles. The summed E-state index contributed by atoms with van der Waals surface area (Å²) in [6.07, 6.45) is 0. The highest BCUT2D eigenvalue weighted by molar-refractivity contribution is 6.68. The van der Waals surface area contributed by atoms with Crippen LogP contribution in [0.3, 0.4) is 0 Å². The van der Waals surface area contributed by atoms with Crippen LogP contribution in [0.25, 0.3) is 21.5 Å². The number of rotatable bonds is 1. The van der Waals surface area contributed by atoms with E-state index in [0.29, 0.717) is 10.6 Å². The molecule has 0 atom stereocenters. The highest BCUT2D eigenvalue weighted by atomic mass is 35.5. The molecule has 0 spiro atoms. The number of carbonyl (C=O) groups is 1. The second-order valence-electron chi connectivity index (χ2n) is 4.08. The van der Waals surface area contributed by atoms with E-state index in [-0.39, 0.29) is 0 Å². The highest BCUT2D eigenvalue weighted by Gasteiger charge is 2.11. The van der Waals surface area contributed by atoms with Gasteiger partial charge in [0.2, 0.25) is 0 Å². The van der Waals surface area contributed by atoms with Crippen molar-refractivity contribution >= 4 is 50.0 Å². The van der Waals surface area contributed by atoms with E-state index in [1.165, 1.54) is 0 Å². The quantitative estimate of drug-likeness (QED) is 0.450. The van der Waals surface area contributed by atoms with Crippen molar-refractivity contribution in [1.29, 1.82) is 0 Å². The fourth-order valence-corrected chi connectivity index (χ4v) is 2.70. The lowest BCUT2D eigenvalue weighted by Crippen LogP contribution is -1.91. The standard InChI is InChI=1S/C15H8Cl2O/c16-14-8-13-10(6-3-7-12(13)15(17)18)9-4-1-2-5-11(9)14/h1-8H. The van der Waals surface area contributed by atoms with Crippen molar-refractivity contribution in [3.05, 3.63) is 59.1 Å². The van der Waals surface area contributed by atoms with Crippen LogP contribution in [0.1, 0.15) is 10.4 Å². The molecule has 1 nitrogen and oxygen atoms in total. The smallest absolute Gasteiger partial charge is 0.253 e. The maximum Gasteiger partial charge on any atom is 0.253 e. The maximum absolute atomic E-state index is 11.4. The van der Waals surface area contributed by atoms with Gasteiger partial charge in [0.25, 0.3) is 5.24 Å². The first kappa shape index (κ1) is 11.5. The van der Waals surface area contributed by atoms with Crippen LogP contribution in [0.2, 0.25) is 5.02 Å². The molecule has 0 bridgehead atoms. The minimum atomic E-state index is -0.466. The molecule has 3 aromatic carbocycles. The first-order valence-electron chi connectivity index (χ1n) is 5.48. The van der Waals surface area contributed by atoms with Gasteiger partial charge in [-0.3, -0.25) is 4.79 Å². The van der Waals surface area contributed by atoms with Crippen LogP contribution in [0.15, 0.2) is 48.5 Å². The van der Waals surface area contributed by atoms with Crippen molar-refractivity contribution < 1.29 is 4.79 Å². The van der Waals surface area contributed by atoms with Crippen molar-refractivity contribution in [3.63, 3.8) is 0 Å². The molecule has 0 unspecified atom stereocenters. The Hall–Kier alpha value is -1.57. The number of halogens is 2. The minimum Gasteiger partial charge on any atom is -0.276 e. The number of hydrogen-bond donors (Lipinski definition) is 0. The Morgan fingerprint density at radius 3 is 2.17 bits per heavy atom. The third kappa shape index (κ3) is 1.67. The van der Waals surface area contributed by atoms with Gasteiger partial charge in [-0.2, -0.15) is 0 Å².